The Morgan fingerprint density at radius 2 is 1.74 bits per heavy atom. The number of nitrogens with zero attached hydrogens (tertiary/aromatic N) is 2. The second kappa shape index (κ2) is 13.9. The van der Waals surface area contributed by atoms with E-state index in [9.17, 15) is 23.1 Å². The molecule has 11 nitrogen and oxygen atoms in total. The number of sulfonamides is 1. The first kappa shape index (κ1) is 31.8. The van der Waals surface area contributed by atoms with Crippen molar-refractivity contribution in [2.75, 3.05) is 44.5 Å². The van der Waals surface area contributed by atoms with Crippen molar-refractivity contribution in [3.63, 3.8) is 0 Å². The number of amides is 3. The zero-order valence-electron chi connectivity index (χ0n) is 24.7. The van der Waals surface area contributed by atoms with Gasteiger partial charge in [0, 0.05) is 36.4 Å². The van der Waals surface area contributed by atoms with Crippen LogP contribution in [0, 0.1) is 5.92 Å². The van der Waals surface area contributed by atoms with Crippen LogP contribution in [0.5, 0.6) is 11.5 Å². The number of methoxy groups -OCH3 is 1. The summed E-state index contributed by atoms with van der Waals surface area (Å²) in [6, 6.07) is 19.1. The van der Waals surface area contributed by atoms with Crippen molar-refractivity contribution in [3.05, 3.63) is 78.4 Å². The first-order valence-electron chi connectivity index (χ1n) is 13.9. The van der Waals surface area contributed by atoms with Crippen molar-refractivity contribution >= 4 is 33.3 Å². The lowest BCUT2D eigenvalue weighted by Crippen LogP contribution is -2.48. The Bertz CT molecular complexity index is 1520. The van der Waals surface area contributed by atoms with Gasteiger partial charge in [-0.15, -0.1) is 0 Å². The summed E-state index contributed by atoms with van der Waals surface area (Å²) in [6.45, 7) is 3.70. The van der Waals surface area contributed by atoms with E-state index in [2.05, 4.69) is 10.6 Å². The van der Waals surface area contributed by atoms with Gasteiger partial charge in [0.25, 0.3) is 0 Å². The first-order valence-corrected chi connectivity index (χ1v) is 15.4. The summed E-state index contributed by atoms with van der Waals surface area (Å²) in [5, 5.41) is 15.4. The van der Waals surface area contributed by atoms with Crippen molar-refractivity contribution < 1.29 is 32.6 Å². The van der Waals surface area contributed by atoms with E-state index in [-0.39, 0.29) is 42.8 Å². The summed E-state index contributed by atoms with van der Waals surface area (Å²) in [5.74, 6) is 0.568. The van der Waals surface area contributed by atoms with Gasteiger partial charge in [-0.05, 0) is 61.5 Å². The largest absolute Gasteiger partial charge is 0.497 e. The van der Waals surface area contributed by atoms with Crippen molar-refractivity contribution in [1.82, 2.24) is 9.21 Å². The highest BCUT2D eigenvalue weighted by atomic mass is 32.2. The summed E-state index contributed by atoms with van der Waals surface area (Å²) in [5.41, 5.74) is 1.53. The van der Waals surface area contributed by atoms with Gasteiger partial charge < -0.3 is 30.1 Å². The molecular formula is C31H38N4O7S. The standard InChI is InChI=1S/C31H38N4O7S/c1-21-18-35(22(2)20-36)30(37)17-23-16-25(33-31(38)32-24-10-13-26(41-4)14-11-24)12-15-28(23)42-29(21)19-34(3)43(39,40)27-8-6-5-7-9-27/h5-16,21-22,29,36H,17-20H2,1-4H3,(H2,32,33,38)/t21-,22-,29+/m1/s1. The summed E-state index contributed by atoms with van der Waals surface area (Å²) >= 11 is 0. The van der Waals surface area contributed by atoms with E-state index in [1.165, 1.54) is 23.5 Å². The molecule has 0 fully saturated rings. The lowest BCUT2D eigenvalue weighted by Gasteiger charge is -2.33. The fourth-order valence-electron chi connectivity index (χ4n) is 4.82. The van der Waals surface area contributed by atoms with Gasteiger partial charge in [0.1, 0.15) is 17.6 Å². The number of rotatable bonds is 9. The molecule has 0 saturated carbocycles. The maximum Gasteiger partial charge on any atom is 0.323 e. The zero-order chi connectivity index (χ0) is 31.1. The number of benzene rings is 3. The van der Waals surface area contributed by atoms with Crippen LogP contribution in [-0.2, 0) is 21.2 Å². The number of urea groups is 1. The number of anilines is 2. The van der Waals surface area contributed by atoms with Crippen molar-refractivity contribution in [3.8, 4) is 11.5 Å². The van der Waals surface area contributed by atoms with Gasteiger partial charge in [0.05, 0.1) is 37.6 Å². The van der Waals surface area contributed by atoms with E-state index >= 15 is 0 Å². The van der Waals surface area contributed by atoms with E-state index in [1.807, 2.05) is 6.92 Å². The molecular weight excluding hydrogens is 572 g/mol. The maximum atomic E-state index is 13.5. The van der Waals surface area contributed by atoms with Gasteiger partial charge >= 0.3 is 6.03 Å². The SMILES string of the molecule is COc1ccc(NC(=O)Nc2ccc3c(c2)CC(=O)N([C@H](C)CO)C[C@@H](C)[C@H](CN(C)S(=O)(=O)c2ccccc2)O3)cc1. The van der Waals surface area contributed by atoms with Gasteiger partial charge in [-0.3, -0.25) is 4.79 Å². The van der Waals surface area contributed by atoms with Crippen LogP contribution in [0.4, 0.5) is 16.2 Å². The lowest BCUT2D eigenvalue weighted by molar-refractivity contribution is -0.134. The van der Waals surface area contributed by atoms with E-state index < -0.39 is 28.2 Å². The molecule has 1 aliphatic rings. The molecule has 0 aromatic heterocycles. The van der Waals surface area contributed by atoms with Crippen molar-refractivity contribution in [2.24, 2.45) is 5.92 Å². The Morgan fingerprint density at radius 1 is 1.09 bits per heavy atom. The normalized spacial score (nSPS) is 18.0. The monoisotopic (exact) mass is 610 g/mol. The van der Waals surface area contributed by atoms with Crippen LogP contribution in [0.15, 0.2) is 77.7 Å². The van der Waals surface area contributed by atoms with Crippen LogP contribution in [0.25, 0.3) is 0 Å². The summed E-state index contributed by atoms with van der Waals surface area (Å²) in [7, 11) is -0.735. The molecule has 3 aromatic rings. The van der Waals surface area contributed by atoms with Gasteiger partial charge in [-0.2, -0.15) is 4.31 Å². The molecule has 230 valence electrons. The summed E-state index contributed by atoms with van der Waals surface area (Å²) < 4.78 is 39.4. The minimum atomic E-state index is -3.79. The number of carbonyl (C=O) groups excluding carboxylic acids is 2. The van der Waals surface area contributed by atoms with Crippen LogP contribution < -0.4 is 20.1 Å². The van der Waals surface area contributed by atoms with Crippen LogP contribution in [0.3, 0.4) is 0 Å². The van der Waals surface area contributed by atoms with E-state index in [0.717, 1.165) is 0 Å². The molecule has 1 aliphatic heterocycles. The Morgan fingerprint density at radius 3 is 2.40 bits per heavy atom. The van der Waals surface area contributed by atoms with E-state index in [1.54, 1.807) is 79.6 Å². The quantitative estimate of drug-likeness (QED) is 0.335. The van der Waals surface area contributed by atoms with E-state index in [0.29, 0.717) is 28.4 Å². The number of aliphatic hydroxyl groups is 1. The number of carbonyl (C=O) groups is 2. The third-order valence-corrected chi connectivity index (χ3v) is 9.25. The highest BCUT2D eigenvalue weighted by Crippen LogP contribution is 2.30. The van der Waals surface area contributed by atoms with Gasteiger partial charge in [-0.25, -0.2) is 13.2 Å². The maximum absolute atomic E-state index is 13.5. The van der Waals surface area contributed by atoms with Crippen molar-refractivity contribution in [1.29, 1.82) is 0 Å². The predicted molar refractivity (Wildman–Crippen MR) is 164 cm³/mol. The van der Waals surface area contributed by atoms with Crippen LogP contribution >= 0.6 is 0 Å². The number of aliphatic hydroxyl groups excluding tert-OH is 1. The van der Waals surface area contributed by atoms with Crippen molar-refractivity contribution in [2.45, 2.75) is 37.3 Å². The molecule has 3 amide bonds. The minimum absolute atomic E-state index is 0.0254. The van der Waals surface area contributed by atoms with Gasteiger partial charge in [0.2, 0.25) is 15.9 Å². The number of hydrogen-bond donors (Lipinski definition) is 3. The molecule has 0 aliphatic carbocycles. The van der Waals surface area contributed by atoms with Crippen LogP contribution in [0.1, 0.15) is 19.4 Å². The topological polar surface area (TPSA) is 138 Å². The summed E-state index contributed by atoms with van der Waals surface area (Å²) in [4.78, 5) is 27.9. The average Bonchev–Trinajstić information content (AvgIpc) is 3.04. The Labute approximate surface area is 252 Å². The number of hydrogen-bond acceptors (Lipinski definition) is 7. The Kier molecular flexibility index (Phi) is 10.3. The molecule has 3 atom stereocenters. The molecule has 43 heavy (non-hydrogen) atoms. The van der Waals surface area contributed by atoms with Crippen LogP contribution in [0.2, 0.25) is 0 Å². The molecule has 0 bridgehead atoms. The predicted octanol–water partition coefficient (Wildman–Crippen LogP) is 3.81. The average molecular weight is 611 g/mol. The second-order valence-corrected chi connectivity index (χ2v) is 12.7. The second-order valence-electron chi connectivity index (χ2n) is 10.6. The molecule has 1 heterocycles. The molecule has 0 unspecified atom stereocenters. The highest BCUT2D eigenvalue weighted by molar-refractivity contribution is 7.89. The third-order valence-electron chi connectivity index (χ3n) is 7.41. The molecule has 12 heteroatoms. The number of ether oxygens (including phenoxy) is 2. The number of likely N-dealkylation sites (N-methyl/N-ethyl adjacent to an activating group) is 1. The first-order chi connectivity index (χ1) is 20.5. The van der Waals surface area contributed by atoms with Crippen LogP contribution in [-0.4, -0.2) is 80.7 Å². The summed E-state index contributed by atoms with van der Waals surface area (Å²) in [6.07, 6.45) is -0.661. The molecule has 0 spiro atoms. The molecule has 0 radical (unpaired) electrons. The highest BCUT2D eigenvalue weighted by Gasteiger charge is 2.33. The molecule has 0 saturated heterocycles. The molecule has 3 N–H and O–H groups in total. The van der Waals surface area contributed by atoms with E-state index in [4.69, 9.17) is 9.47 Å². The Hall–Kier alpha value is -4.13. The number of nitrogens with one attached hydrogen (secondary N) is 2. The Balaban J connectivity index is 1.60. The smallest absolute Gasteiger partial charge is 0.323 e. The number of fused-ring (bicyclic) bond motifs is 1. The molecule has 4 rings (SSSR count). The zero-order valence-corrected chi connectivity index (χ0v) is 25.5. The van der Waals surface area contributed by atoms with Gasteiger partial charge in [-0.1, -0.05) is 25.1 Å². The fraction of sp³-hybridized carbons (Fsp3) is 0.355. The molecule has 3 aromatic carbocycles. The fourth-order valence-corrected chi connectivity index (χ4v) is 6.02. The van der Waals surface area contributed by atoms with Gasteiger partial charge in [0.15, 0.2) is 0 Å². The third kappa shape index (κ3) is 7.83. The minimum Gasteiger partial charge on any atom is -0.497 e. The lowest BCUT2D eigenvalue weighted by atomic mass is 10.0.